The van der Waals surface area contributed by atoms with Crippen molar-refractivity contribution in [2.45, 2.75) is 6.17 Å². The molecule has 6 aromatic carbocycles. The summed E-state index contributed by atoms with van der Waals surface area (Å²) in [6.45, 7) is 0. The van der Waals surface area contributed by atoms with Gasteiger partial charge in [-0.1, -0.05) is 109 Å². The van der Waals surface area contributed by atoms with Crippen LogP contribution < -0.4 is 5.32 Å². The number of rotatable bonds is 4. The second kappa shape index (κ2) is 9.82. The fourth-order valence-corrected chi connectivity index (χ4v) is 6.46. The number of nitrogens with zero attached hydrogens (tertiary/aromatic N) is 3. The number of benzene rings is 6. The van der Waals surface area contributed by atoms with E-state index >= 15 is 0 Å². The smallest absolute Gasteiger partial charge is 0.163 e. The first kappa shape index (κ1) is 24.6. The normalized spacial score (nSPS) is 15.0. The van der Waals surface area contributed by atoms with Crippen molar-refractivity contribution in [3.63, 3.8) is 0 Å². The van der Waals surface area contributed by atoms with E-state index < -0.39 is 0 Å². The Kier molecular flexibility index (Phi) is 5.50. The minimum atomic E-state index is -0.283. The fraction of sp³-hybridized carbons (Fsp3) is 0.0256. The third-order valence-electron chi connectivity index (χ3n) is 8.46. The molecule has 9 rings (SSSR count). The Balaban J connectivity index is 1.30. The first-order valence-corrected chi connectivity index (χ1v) is 14.8. The minimum absolute atomic E-state index is 0.283. The summed E-state index contributed by atoms with van der Waals surface area (Å²) < 4.78 is 9.22. The number of amidine groups is 2. The molecule has 3 heterocycles. The molecule has 1 atom stereocenters. The van der Waals surface area contributed by atoms with Gasteiger partial charge in [-0.25, -0.2) is 9.98 Å². The molecule has 1 unspecified atom stereocenters. The molecule has 0 aliphatic carbocycles. The van der Waals surface area contributed by atoms with Gasteiger partial charge in [-0.05, 0) is 42.0 Å². The Bertz CT molecular complexity index is 2400. The van der Waals surface area contributed by atoms with Crippen LogP contribution in [0, 0.1) is 0 Å². The van der Waals surface area contributed by atoms with Crippen molar-refractivity contribution >= 4 is 55.4 Å². The Labute approximate surface area is 253 Å². The van der Waals surface area contributed by atoms with Crippen molar-refractivity contribution < 1.29 is 4.42 Å². The second-order valence-corrected chi connectivity index (χ2v) is 11.0. The van der Waals surface area contributed by atoms with Gasteiger partial charge in [0.1, 0.15) is 23.2 Å². The van der Waals surface area contributed by atoms with Crippen LogP contribution in [0.1, 0.15) is 22.9 Å². The zero-order chi connectivity index (χ0) is 29.0. The van der Waals surface area contributed by atoms with Crippen molar-refractivity contribution in [2.75, 3.05) is 0 Å². The summed E-state index contributed by atoms with van der Waals surface area (Å²) in [5.41, 5.74) is 7.98. The van der Waals surface area contributed by atoms with Crippen LogP contribution in [0.3, 0.4) is 0 Å². The molecule has 0 spiro atoms. The highest BCUT2D eigenvalue weighted by molar-refractivity contribution is 6.26. The zero-order valence-corrected chi connectivity index (χ0v) is 23.7. The number of fused-ring (bicyclic) bond motifs is 7. The number of aliphatic imine (C=N–C) groups is 2. The van der Waals surface area contributed by atoms with Crippen molar-refractivity contribution in [1.82, 2.24) is 9.88 Å². The molecule has 8 aromatic rings. The molecule has 0 saturated heterocycles. The van der Waals surface area contributed by atoms with Crippen LogP contribution >= 0.6 is 0 Å². The highest BCUT2D eigenvalue weighted by Gasteiger charge is 2.24. The average Bonchev–Trinajstić information content (AvgIpc) is 3.65. The van der Waals surface area contributed by atoms with E-state index in [4.69, 9.17) is 14.4 Å². The highest BCUT2D eigenvalue weighted by atomic mass is 16.3. The lowest BCUT2D eigenvalue weighted by molar-refractivity contribution is 0.665. The maximum absolute atomic E-state index is 6.91. The van der Waals surface area contributed by atoms with Gasteiger partial charge in [0, 0.05) is 27.4 Å². The van der Waals surface area contributed by atoms with E-state index in [2.05, 4.69) is 113 Å². The maximum atomic E-state index is 6.91. The Morgan fingerprint density at radius 3 is 2.07 bits per heavy atom. The van der Waals surface area contributed by atoms with Gasteiger partial charge in [-0.2, -0.15) is 0 Å². The molecule has 0 radical (unpaired) electrons. The molecule has 1 N–H and O–H groups in total. The summed E-state index contributed by atoms with van der Waals surface area (Å²) in [6.07, 6.45) is -0.283. The van der Waals surface area contributed by atoms with Gasteiger partial charge in [-0.15, -0.1) is 0 Å². The molecular weight excluding hydrogens is 540 g/mol. The molecule has 208 valence electrons. The van der Waals surface area contributed by atoms with Crippen LogP contribution in [0.25, 0.3) is 49.4 Å². The lowest BCUT2D eigenvalue weighted by atomic mass is 10.1. The third kappa shape index (κ3) is 3.80. The first-order chi connectivity index (χ1) is 21.8. The van der Waals surface area contributed by atoms with Crippen molar-refractivity contribution in [3.8, 4) is 5.69 Å². The lowest BCUT2D eigenvalue weighted by Gasteiger charge is -2.23. The van der Waals surface area contributed by atoms with Crippen LogP contribution in [0.5, 0.6) is 0 Å². The standard InChI is InChI=1S/C39H26N4O/c1-4-13-25(14-5-1)37-40-38(26-15-6-2-7-16-26)42-39(41-37)31-21-12-20-28-29-23-24-33-34(36(29)44-35(28)31)30-19-10-11-22-32(30)43(33)27-17-8-3-9-18-27/h1-24,37H,(H,40,41,42). The number of nitrogens with one attached hydrogen (secondary N) is 1. The predicted molar refractivity (Wildman–Crippen MR) is 180 cm³/mol. The zero-order valence-electron chi connectivity index (χ0n) is 23.7. The van der Waals surface area contributed by atoms with E-state index in [0.717, 1.165) is 72.0 Å². The van der Waals surface area contributed by atoms with Crippen molar-refractivity contribution in [1.29, 1.82) is 0 Å². The van der Waals surface area contributed by atoms with Crippen LogP contribution in [-0.2, 0) is 0 Å². The van der Waals surface area contributed by atoms with E-state index in [1.807, 2.05) is 42.5 Å². The summed E-state index contributed by atoms with van der Waals surface area (Å²) in [4.78, 5) is 10.2. The molecule has 0 amide bonds. The first-order valence-electron chi connectivity index (χ1n) is 14.8. The quantitative estimate of drug-likeness (QED) is 0.231. The number of hydrogen-bond donors (Lipinski definition) is 1. The maximum Gasteiger partial charge on any atom is 0.163 e. The summed E-state index contributed by atoms with van der Waals surface area (Å²) >= 11 is 0. The van der Waals surface area contributed by atoms with Gasteiger partial charge in [0.05, 0.1) is 22.0 Å². The van der Waals surface area contributed by atoms with Gasteiger partial charge in [0.2, 0.25) is 0 Å². The number of aromatic nitrogens is 1. The molecule has 1 aliphatic heterocycles. The van der Waals surface area contributed by atoms with Gasteiger partial charge >= 0.3 is 0 Å². The Morgan fingerprint density at radius 2 is 1.25 bits per heavy atom. The monoisotopic (exact) mass is 566 g/mol. The summed E-state index contributed by atoms with van der Waals surface area (Å²) in [5, 5.41) is 7.94. The average molecular weight is 567 g/mol. The SMILES string of the molecule is c1ccc(C2=NC(c3cccc4c3oc3c4ccc4c3c3ccccc3n4-c3ccccc3)=NC(c3ccccc3)N2)cc1. The van der Waals surface area contributed by atoms with E-state index in [-0.39, 0.29) is 6.17 Å². The van der Waals surface area contributed by atoms with Crippen LogP contribution in [0.4, 0.5) is 0 Å². The predicted octanol–water partition coefficient (Wildman–Crippen LogP) is 9.18. The molecular formula is C39H26N4O. The van der Waals surface area contributed by atoms with Gasteiger partial charge in [0.15, 0.2) is 5.84 Å². The highest BCUT2D eigenvalue weighted by Crippen LogP contribution is 2.41. The Morgan fingerprint density at radius 1 is 0.568 bits per heavy atom. The largest absolute Gasteiger partial charge is 0.455 e. The molecule has 1 aliphatic rings. The van der Waals surface area contributed by atoms with Crippen LogP contribution in [0.2, 0.25) is 0 Å². The fourth-order valence-electron chi connectivity index (χ4n) is 6.46. The van der Waals surface area contributed by atoms with Crippen LogP contribution in [0.15, 0.2) is 160 Å². The number of furan rings is 1. The van der Waals surface area contributed by atoms with E-state index in [9.17, 15) is 0 Å². The molecule has 5 heteroatoms. The minimum Gasteiger partial charge on any atom is -0.455 e. The third-order valence-corrected chi connectivity index (χ3v) is 8.46. The molecule has 0 bridgehead atoms. The van der Waals surface area contributed by atoms with Gasteiger partial charge in [-0.3, -0.25) is 0 Å². The van der Waals surface area contributed by atoms with Gasteiger partial charge in [0.25, 0.3) is 0 Å². The van der Waals surface area contributed by atoms with E-state index in [0.29, 0.717) is 5.84 Å². The Hall–Kier alpha value is -5.94. The van der Waals surface area contributed by atoms with Crippen LogP contribution in [-0.4, -0.2) is 16.2 Å². The molecule has 5 nitrogen and oxygen atoms in total. The van der Waals surface area contributed by atoms with Gasteiger partial charge < -0.3 is 14.3 Å². The van der Waals surface area contributed by atoms with E-state index in [1.165, 1.54) is 0 Å². The van der Waals surface area contributed by atoms with Crippen molar-refractivity contribution in [2.24, 2.45) is 9.98 Å². The summed E-state index contributed by atoms with van der Waals surface area (Å²) in [7, 11) is 0. The number of para-hydroxylation sites is 3. The lowest BCUT2D eigenvalue weighted by Crippen LogP contribution is -2.33. The molecule has 0 fully saturated rings. The summed E-state index contributed by atoms with van der Waals surface area (Å²) in [6, 6.07) is 50.2. The van der Waals surface area contributed by atoms with Crippen molar-refractivity contribution in [3.05, 3.63) is 162 Å². The molecule has 0 saturated carbocycles. The second-order valence-electron chi connectivity index (χ2n) is 11.0. The topological polar surface area (TPSA) is 54.8 Å². The molecule has 2 aromatic heterocycles. The summed E-state index contributed by atoms with van der Waals surface area (Å²) in [5.74, 6) is 1.43. The van der Waals surface area contributed by atoms with E-state index in [1.54, 1.807) is 0 Å². The number of hydrogen-bond acceptors (Lipinski definition) is 4. The molecule has 44 heavy (non-hydrogen) atoms.